The lowest BCUT2D eigenvalue weighted by Gasteiger charge is -2.30. The Morgan fingerprint density at radius 1 is 1.00 bits per heavy atom. The first-order valence-electron chi connectivity index (χ1n) is 10.5. The molecule has 1 N–H and O–H groups in total. The van der Waals surface area contributed by atoms with Gasteiger partial charge in [0.15, 0.2) is 5.82 Å². The minimum absolute atomic E-state index is 0.00136. The average Bonchev–Trinajstić information content (AvgIpc) is 2.98. The average molecular weight is 402 g/mol. The molecule has 2 aromatic heterocycles. The molecule has 1 aliphatic heterocycles. The van der Waals surface area contributed by atoms with Crippen molar-refractivity contribution in [2.45, 2.75) is 39.2 Å². The second-order valence-electron chi connectivity index (χ2n) is 7.96. The number of aryl methyl sites for hydroxylation is 1. The molecule has 0 spiro atoms. The molecule has 6 nitrogen and oxygen atoms in total. The first kappa shape index (κ1) is 20.0. The van der Waals surface area contributed by atoms with Crippen LogP contribution in [0.1, 0.15) is 31.7 Å². The van der Waals surface area contributed by atoms with Gasteiger partial charge in [0.1, 0.15) is 11.9 Å². The second-order valence-corrected chi connectivity index (χ2v) is 7.96. The smallest absolute Gasteiger partial charge is 0.247 e. The third-order valence-electron chi connectivity index (χ3n) is 5.73. The van der Waals surface area contributed by atoms with Gasteiger partial charge in [-0.25, -0.2) is 15.0 Å². The Labute approximate surface area is 177 Å². The molecule has 1 aromatic carbocycles. The van der Waals surface area contributed by atoms with Crippen molar-refractivity contribution in [2.75, 3.05) is 16.8 Å². The number of hydrogen-bond acceptors (Lipinski definition) is 5. The van der Waals surface area contributed by atoms with Gasteiger partial charge in [0.05, 0.1) is 0 Å². The van der Waals surface area contributed by atoms with Gasteiger partial charge >= 0.3 is 0 Å². The van der Waals surface area contributed by atoms with E-state index in [1.54, 1.807) is 24.7 Å². The van der Waals surface area contributed by atoms with Crippen LogP contribution in [0.4, 0.5) is 11.5 Å². The molecule has 1 aliphatic rings. The lowest BCUT2D eigenvalue weighted by atomic mass is 10.0. The van der Waals surface area contributed by atoms with Crippen molar-refractivity contribution in [3.05, 3.63) is 66.6 Å². The van der Waals surface area contributed by atoms with Gasteiger partial charge in [0, 0.05) is 36.4 Å². The van der Waals surface area contributed by atoms with E-state index in [2.05, 4.69) is 32.1 Å². The van der Waals surface area contributed by atoms with E-state index in [9.17, 15) is 4.79 Å². The highest BCUT2D eigenvalue weighted by Gasteiger charge is 2.30. The molecule has 2 unspecified atom stereocenters. The molecule has 2 atom stereocenters. The molecule has 1 saturated heterocycles. The highest BCUT2D eigenvalue weighted by atomic mass is 16.2. The van der Waals surface area contributed by atoms with Gasteiger partial charge in [0.2, 0.25) is 5.91 Å². The number of aromatic nitrogens is 3. The molecular weight excluding hydrogens is 374 g/mol. The molecule has 1 amide bonds. The molecular formula is C24H27N5O. The summed E-state index contributed by atoms with van der Waals surface area (Å²) in [6, 6.07) is 13.3. The number of rotatable bonds is 4. The maximum absolute atomic E-state index is 13.3. The molecule has 0 radical (unpaired) electrons. The number of nitrogens with zero attached hydrogens (tertiary/aromatic N) is 4. The van der Waals surface area contributed by atoms with E-state index in [1.165, 1.54) is 0 Å². The lowest BCUT2D eigenvalue weighted by molar-refractivity contribution is -0.117. The Morgan fingerprint density at radius 3 is 2.57 bits per heavy atom. The van der Waals surface area contributed by atoms with Crippen molar-refractivity contribution in [1.82, 2.24) is 15.0 Å². The van der Waals surface area contributed by atoms with E-state index in [0.29, 0.717) is 11.7 Å². The predicted molar refractivity (Wildman–Crippen MR) is 119 cm³/mol. The van der Waals surface area contributed by atoms with Crippen LogP contribution < -0.4 is 10.2 Å². The number of hydrogen-bond donors (Lipinski definition) is 1. The summed E-state index contributed by atoms with van der Waals surface area (Å²) in [6.07, 6.45) is 8.13. The van der Waals surface area contributed by atoms with E-state index >= 15 is 0 Å². The zero-order valence-electron chi connectivity index (χ0n) is 17.5. The highest BCUT2D eigenvalue weighted by molar-refractivity contribution is 5.97. The highest BCUT2D eigenvalue weighted by Crippen LogP contribution is 2.28. The van der Waals surface area contributed by atoms with Gasteiger partial charge in [-0.3, -0.25) is 4.79 Å². The molecule has 154 valence electrons. The first-order valence-corrected chi connectivity index (χ1v) is 10.5. The number of carbonyl (C=O) groups excluding carboxylic acids is 1. The Morgan fingerprint density at radius 2 is 1.80 bits per heavy atom. The van der Waals surface area contributed by atoms with Gasteiger partial charge in [-0.15, -0.1) is 0 Å². The quantitative estimate of drug-likeness (QED) is 0.698. The Bertz CT molecular complexity index is 993. The third kappa shape index (κ3) is 4.48. The van der Waals surface area contributed by atoms with Crippen molar-refractivity contribution in [3.63, 3.8) is 0 Å². The fourth-order valence-electron chi connectivity index (χ4n) is 3.93. The fourth-order valence-corrected chi connectivity index (χ4v) is 3.93. The van der Waals surface area contributed by atoms with Gasteiger partial charge in [-0.2, -0.15) is 0 Å². The number of anilines is 2. The normalized spacial score (nSPS) is 19.2. The third-order valence-corrected chi connectivity index (χ3v) is 5.73. The van der Waals surface area contributed by atoms with Gasteiger partial charge < -0.3 is 10.2 Å². The number of carbonyl (C=O) groups is 1. The van der Waals surface area contributed by atoms with E-state index in [1.807, 2.05) is 43.3 Å². The molecule has 4 rings (SSSR count). The summed E-state index contributed by atoms with van der Waals surface area (Å²) < 4.78 is 0. The van der Waals surface area contributed by atoms with Crippen LogP contribution in [0.2, 0.25) is 0 Å². The van der Waals surface area contributed by atoms with E-state index in [0.717, 1.165) is 48.4 Å². The number of benzene rings is 1. The van der Waals surface area contributed by atoms with Crippen molar-refractivity contribution in [2.24, 2.45) is 5.92 Å². The summed E-state index contributed by atoms with van der Waals surface area (Å²) in [4.78, 5) is 28.7. The largest absolute Gasteiger partial charge is 0.345 e. The van der Waals surface area contributed by atoms with Crippen LogP contribution in [0.25, 0.3) is 11.4 Å². The summed E-state index contributed by atoms with van der Waals surface area (Å²) in [7, 11) is 0. The van der Waals surface area contributed by atoms with Crippen molar-refractivity contribution in [3.8, 4) is 11.4 Å². The summed E-state index contributed by atoms with van der Waals surface area (Å²) in [5.41, 5.74) is 2.74. The van der Waals surface area contributed by atoms with Crippen LogP contribution in [0, 0.1) is 12.8 Å². The molecule has 3 aromatic rings. The zero-order chi connectivity index (χ0) is 20.9. The van der Waals surface area contributed by atoms with Crippen LogP contribution >= 0.6 is 0 Å². The molecule has 1 fully saturated rings. The fraction of sp³-hybridized carbons (Fsp3) is 0.333. The van der Waals surface area contributed by atoms with Crippen molar-refractivity contribution < 1.29 is 4.79 Å². The maximum atomic E-state index is 13.3. The summed E-state index contributed by atoms with van der Waals surface area (Å²) in [6.45, 7) is 5.10. The number of amides is 1. The number of nitrogens with one attached hydrogen (secondary N) is 1. The Balaban J connectivity index is 1.58. The zero-order valence-corrected chi connectivity index (χ0v) is 17.5. The van der Waals surface area contributed by atoms with E-state index < -0.39 is 0 Å². The summed E-state index contributed by atoms with van der Waals surface area (Å²) in [5.74, 6) is 2.10. The predicted octanol–water partition coefficient (Wildman–Crippen LogP) is 4.48. The standard InChI is InChI=1S/C24H27N5O/c1-17-7-10-21(29(15-11-17)22-6-3-4-12-25-22)24(30)28-19-9-8-18(2)20(16-19)23-26-13-5-14-27-23/h3-6,8-9,12-14,16-17,21H,7,10-11,15H2,1-2H3,(H,28,30). The minimum atomic E-state index is -0.248. The van der Waals surface area contributed by atoms with Gasteiger partial charge in [-0.05, 0) is 68.0 Å². The summed E-state index contributed by atoms with van der Waals surface area (Å²) in [5, 5.41) is 3.13. The number of pyridine rings is 1. The van der Waals surface area contributed by atoms with Crippen LogP contribution in [0.15, 0.2) is 61.1 Å². The first-order chi connectivity index (χ1) is 14.6. The lowest BCUT2D eigenvalue weighted by Crippen LogP contribution is -2.44. The monoisotopic (exact) mass is 401 g/mol. The van der Waals surface area contributed by atoms with Crippen LogP contribution in [-0.4, -0.2) is 33.4 Å². The minimum Gasteiger partial charge on any atom is -0.345 e. The Hall–Kier alpha value is -3.28. The van der Waals surface area contributed by atoms with E-state index in [4.69, 9.17) is 0 Å². The second kappa shape index (κ2) is 9.03. The molecule has 0 saturated carbocycles. The topological polar surface area (TPSA) is 71.0 Å². The molecule has 30 heavy (non-hydrogen) atoms. The summed E-state index contributed by atoms with van der Waals surface area (Å²) >= 11 is 0. The SMILES string of the molecule is Cc1ccc(NC(=O)C2CCC(C)CCN2c2ccccn2)cc1-c1ncccn1. The van der Waals surface area contributed by atoms with Gasteiger partial charge in [0.25, 0.3) is 0 Å². The van der Waals surface area contributed by atoms with Crippen molar-refractivity contribution in [1.29, 1.82) is 0 Å². The van der Waals surface area contributed by atoms with Crippen LogP contribution in [-0.2, 0) is 4.79 Å². The van der Waals surface area contributed by atoms with E-state index in [-0.39, 0.29) is 11.9 Å². The molecule has 0 bridgehead atoms. The molecule has 6 heteroatoms. The molecule has 3 heterocycles. The van der Waals surface area contributed by atoms with Gasteiger partial charge in [-0.1, -0.05) is 19.1 Å². The van der Waals surface area contributed by atoms with Crippen LogP contribution in [0.5, 0.6) is 0 Å². The van der Waals surface area contributed by atoms with Crippen molar-refractivity contribution >= 4 is 17.4 Å². The van der Waals surface area contributed by atoms with Crippen LogP contribution in [0.3, 0.4) is 0 Å². The Kier molecular flexibility index (Phi) is 6.02. The molecule has 0 aliphatic carbocycles. The maximum Gasteiger partial charge on any atom is 0.247 e.